The molecule has 12 heteroatoms. The van der Waals surface area contributed by atoms with Gasteiger partial charge in [-0.15, -0.1) is 0 Å². The number of carbonyl (C=O) groups is 4. The van der Waals surface area contributed by atoms with Crippen molar-refractivity contribution in [3.05, 3.63) is 119 Å². The molecule has 0 bridgehead atoms. The first-order chi connectivity index (χ1) is 26.7. The average Bonchev–Trinajstić information content (AvgIpc) is 3.64. The minimum absolute atomic E-state index is 0.0852. The Kier molecular flexibility index (Phi) is 12.7. The van der Waals surface area contributed by atoms with Crippen molar-refractivity contribution in [2.75, 3.05) is 24.7 Å². The Morgan fingerprint density at radius 3 is 1.09 bits per heavy atom. The Bertz CT molecular complexity index is 1840. The lowest BCUT2D eigenvalue weighted by Gasteiger charge is -2.25. The van der Waals surface area contributed by atoms with Gasteiger partial charge in [-0.3, -0.25) is 0 Å². The lowest BCUT2D eigenvalue weighted by Crippen LogP contribution is -2.46. The molecule has 4 aromatic carbocycles. The summed E-state index contributed by atoms with van der Waals surface area (Å²) in [6.45, 7) is 10.7. The molecule has 56 heavy (non-hydrogen) atoms. The quantitative estimate of drug-likeness (QED) is 0.0586. The fourth-order valence-corrected chi connectivity index (χ4v) is 9.18. The number of amides is 2. The molecule has 10 nitrogen and oxygen atoms in total. The van der Waals surface area contributed by atoms with E-state index in [-0.39, 0.29) is 36.6 Å². The van der Waals surface area contributed by atoms with Crippen molar-refractivity contribution >= 4 is 45.7 Å². The van der Waals surface area contributed by atoms with Crippen molar-refractivity contribution in [1.29, 1.82) is 0 Å². The van der Waals surface area contributed by atoms with Crippen molar-refractivity contribution in [2.24, 2.45) is 0 Å². The minimum atomic E-state index is -1.06. The van der Waals surface area contributed by atoms with Crippen LogP contribution in [0.15, 0.2) is 97.1 Å². The van der Waals surface area contributed by atoms with Gasteiger partial charge in [-0.25, -0.2) is 19.2 Å². The standard InChI is InChI=1S/C44H48N2O8S2/c1-43(2,3)53-39(47)37(45-41(49)51-23-35-31-19-11-7-15-27(31)28-16-8-12-20-32(28)35)25-55-56-26-38(40(48)54-44(4,5)6)46-42(50)52-24-36-33-21-13-9-17-29(33)30-18-10-14-22-34(30)36/h7-22,35-38H,23-26H2,1-6H3,(H,45,49)(H,46,50). The van der Waals surface area contributed by atoms with E-state index in [1.165, 1.54) is 21.6 Å². The van der Waals surface area contributed by atoms with E-state index < -0.39 is 47.4 Å². The summed E-state index contributed by atoms with van der Waals surface area (Å²) in [6, 6.07) is 30.0. The number of hydrogen-bond donors (Lipinski definition) is 2. The van der Waals surface area contributed by atoms with E-state index in [4.69, 9.17) is 18.9 Å². The number of hydrogen-bond acceptors (Lipinski definition) is 10. The van der Waals surface area contributed by atoms with Gasteiger partial charge in [0.25, 0.3) is 0 Å². The zero-order valence-corrected chi connectivity index (χ0v) is 34.1. The van der Waals surface area contributed by atoms with Gasteiger partial charge in [0.2, 0.25) is 0 Å². The van der Waals surface area contributed by atoms with Crippen LogP contribution in [0.5, 0.6) is 0 Å². The van der Waals surface area contributed by atoms with Gasteiger partial charge >= 0.3 is 24.1 Å². The average molecular weight is 797 g/mol. The maximum Gasteiger partial charge on any atom is 0.407 e. The molecule has 0 saturated heterocycles. The topological polar surface area (TPSA) is 129 Å². The Labute approximate surface area is 336 Å². The lowest BCUT2D eigenvalue weighted by molar-refractivity contribution is -0.157. The molecule has 2 amide bonds. The second-order valence-corrected chi connectivity index (χ2v) is 18.2. The van der Waals surface area contributed by atoms with Crippen LogP contribution in [0.25, 0.3) is 22.3 Å². The molecule has 0 aromatic heterocycles. The Morgan fingerprint density at radius 1 is 0.518 bits per heavy atom. The van der Waals surface area contributed by atoms with E-state index in [9.17, 15) is 19.2 Å². The van der Waals surface area contributed by atoms with Crippen molar-refractivity contribution < 1.29 is 38.1 Å². The lowest BCUT2D eigenvalue weighted by atomic mass is 9.98. The smallest absolute Gasteiger partial charge is 0.407 e. The fourth-order valence-electron chi connectivity index (χ4n) is 6.88. The predicted molar refractivity (Wildman–Crippen MR) is 221 cm³/mol. The molecular weight excluding hydrogens is 749 g/mol. The van der Waals surface area contributed by atoms with Crippen molar-refractivity contribution in [2.45, 2.75) is 76.7 Å². The highest BCUT2D eigenvalue weighted by Gasteiger charge is 2.33. The van der Waals surface area contributed by atoms with E-state index in [0.717, 1.165) is 44.5 Å². The molecule has 2 unspecified atom stereocenters. The largest absolute Gasteiger partial charge is 0.458 e. The van der Waals surface area contributed by atoms with Crippen LogP contribution in [0.1, 0.15) is 75.6 Å². The summed E-state index contributed by atoms with van der Waals surface area (Å²) < 4.78 is 22.7. The molecule has 0 fully saturated rings. The first kappa shape index (κ1) is 40.7. The molecule has 0 aliphatic heterocycles. The van der Waals surface area contributed by atoms with E-state index in [1.807, 2.05) is 72.8 Å². The van der Waals surface area contributed by atoms with E-state index in [0.29, 0.717) is 0 Å². The first-order valence-electron chi connectivity index (χ1n) is 18.6. The molecular formula is C44H48N2O8S2. The molecule has 2 aliphatic rings. The molecule has 0 radical (unpaired) electrons. The van der Waals surface area contributed by atoms with Gasteiger partial charge in [-0.1, -0.05) is 119 Å². The summed E-state index contributed by atoms with van der Waals surface area (Å²) in [5.74, 6) is -1.36. The van der Waals surface area contributed by atoms with Crippen LogP contribution in [-0.4, -0.2) is 72.1 Å². The zero-order valence-electron chi connectivity index (χ0n) is 32.5. The van der Waals surface area contributed by atoms with Crippen LogP contribution >= 0.6 is 21.6 Å². The maximum absolute atomic E-state index is 13.3. The second-order valence-electron chi connectivity index (χ2n) is 15.7. The van der Waals surface area contributed by atoms with Gasteiger partial charge in [0.1, 0.15) is 36.5 Å². The Morgan fingerprint density at radius 2 is 0.804 bits per heavy atom. The molecule has 2 atom stereocenters. The zero-order chi connectivity index (χ0) is 40.0. The molecule has 6 rings (SSSR count). The number of nitrogens with one attached hydrogen (secondary N) is 2. The summed E-state index contributed by atoms with van der Waals surface area (Å²) >= 11 is 0. The van der Waals surface area contributed by atoms with Gasteiger partial charge in [0.15, 0.2) is 0 Å². The highest BCUT2D eigenvalue weighted by molar-refractivity contribution is 8.76. The number of esters is 2. The molecule has 0 saturated carbocycles. The van der Waals surface area contributed by atoms with Crippen molar-refractivity contribution in [1.82, 2.24) is 10.6 Å². The number of alkyl carbamates (subject to hydrolysis) is 2. The summed E-state index contributed by atoms with van der Waals surface area (Å²) in [7, 11) is 2.47. The van der Waals surface area contributed by atoms with Gasteiger partial charge in [-0.2, -0.15) is 0 Å². The Hall–Kier alpha value is -4.94. The summed E-state index contributed by atoms with van der Waals surface area (Å²) in [5.41, 5.74) is 7.11. The predicted octanol–water partition coefficient (Wildman–Crippen LogP) is 8.87. The molecule has 4 aromatic rings. The van der Waals surface area contributed by atoms with Crippen LogP contribution < -0.4 is 10.6 Å². The molecule has 0 heterocycles. The van der Waals surface area contributed by atoms with Gasteiger partial charge in [-0.05, 0) is 86.1 Å². The van der Waals surface area contributed by atoms with E-state index in [2.05, 4.69) is 34.9 Å². The number of carbonyl (C=O) groups excluding carboxylic acids is 4. The van der Waals surface area contributed by atoms with E-state index in [1.54, 1.807) is 41.5 Å². The third-order valence-corrected chi connectivity index (χ3v) is 11.6. The summed E-state index contributed by atoms with van der Waals surface area (Å²) in [5, 5.41) is 5.38. The maximum atomic E-state index is 13.3. The van der Waals surface area contributed by atoms with Crippen LogP contribution in [0.3, 0.4) is 0 Å². The van der Waals surface area contributed by atoms with Crippen LogP contribution in [0.2, 0.25) is 0 Å². The summed E-state index contributed by atoms with van der Waals surface area (Å²) in [6.07, 6.45) is -1.51. The second kappa shape index (κ2) is 17.5. The number of rotatable bonds is 13. The molecule has 2 aliphatic carbocycles. The third kappa shape index (κ3) is 10.1. The highest BCUT2D eigenvalue weighted by atomic mass is 33.1. The monoisotopic (exact) mass is 796 g/mol. The fraction of sp³-hybridized carbons (Fsp3) is 0.364. The van der Waals surface area contributed by atoms with Crippen LogP contribution in [-0.2, 0) is 28.5 Å². The van der Waals surface area contributed by atoms with Crippen LogP contribution in [0, 0.1) is 0 Å². The molecule has 294 valence electrons. The summed E-state index contributed by atoms with van der Waals surface area (Å²) in [4.78, 5) is 53.0. The Balaban J connectivity index is 1.06. The van der Waals surface area contributed by atoms with Gasteiger partial charge in [0.05, 0.1) is 0 Å². The molecule has 0 spiro atoms. The number of fused-ring (bicyclic) bond motifs is 6. The number of ether oxygens (including phenoxy) is 4. The van der Waals surface area contributed by atoms with Crippen molar-refractivity contribution in [3.63, 3.8) is 0 Å². The normalized spacial score (nSPS) is 14.3. The minimum Gasteiger partial charge on any atom is -0.458 e. The van der Waals surface area contributed by atoms with Gasteiger partial charge in [0, 0.05) is 23.3 Å². The number of benzene rings is 4. The first-order valence-corrected chi connectivity index (χ1v) is 21.1. The molecule has 2 N–H and O–H groups in total. The SMILES string of the molecule is CC(C)(C)OC(=O)C(CSSCC(NC(=O)OCC1c2ccccc2-c2ccccc21)C(=O)OC(C)(C)C)NC(=O)OCC1c2ccccc2-c2ccccc21. The van der Waals surface area contributed by atoms with E-state index >= 15 is 0 Å². The third-order valence-electron chi connectivity index (χ3n) is 9.21. The van der Waals surface area contributed by atoms with Gasteiger partial charge < -0.3 is 29.6 Å². The van der Waals surface area contributed by atoms with Crippen molar-refractivity contribution in [3.8, 4) is 22.3 Å². The van der Waals surface area contributed by atoms with Crippen LogP contribution in [0.4, 0.5) is 9.59 Å². The highest BCUT2D eigenvalue weighted by Crippen LogP contribution is 2.45.